The molecule has 3 aliphatic heterocycles. The molecule has 0 aliphatic carbocycles. The SMILES string of the molecule is CCN1CC2=C(N=C3SC=CN3C2c2ccc(OC)cc2)/C(=C/c2ccc(OC)cc2)C1. The number of ether oxygens (including phenoxy) is 2. The minimum absolute atomic E-state index is 0.128. The molecular weight excluding hydrogens is 418 g/mol. The van der Waals surface area contributed by atoms with Gasteiger partial charge in [-0.1, -0.05) is 43.0 Å². The van der Waals surface area contributed by atoms with Gasteiger partial charge in [0.2, 0.25) is 0 Å². The summed E-state index contributed by atoms with van der Waals surface area (Å²) in [4.78, 5) is 9.92. The molecule has 1 unspecified atom stereocenters. The van der Waals surface area contributed by atoms with Gasteiger partial charge in [0.1, 0.15) is 11.5 Å². The number of fused-ring (bicyclic) bond motifs is 1. The highest BCUT2D eigenvalue weighted by molar-refractivity contribution is 8.16. The molecular formula is C26H27N3O2S. The van der Waals surface area contributed by atoms with Gasteiger partial charge in [0.05, 0.1) is 26.0 Å². The van der Waals surface area contributed by atoms with E-state index >= 15 is 0 Å². The van der Waals surface area contributed by atoms with Gasteiger partial charge in [-0.25, -0.2) is 4.99 Å². The zero-order valence-corrected chi connectivity index (χ0v) is 19.4. The molecule has 0 amide bonds. The number of methoxy groups -OCH3 is 2. The molecule has 3 heterocycles. The quantitative estimate of drug-likeness (QED) is 0.624. The second-order valence-electron chi connectivity index (χ2n) is 8.00. The number of thioether (sulfide) groups is 1. The van der Waals surface area contributed by atoms with Gasteiger partial charge < -0.3 is 14.4 Å². The van der Waals surface area contributed by atoms with Gasteiger partial charge in [0, 0.05) is 19.3 Å². The van der Waals surface area contributed by atoms with Gasteiger partial charge in [0.25, 0.3) is 0 Å². The number of nitrogens with zero attached hydrogens (tertiary/aromatic N) is 3. The van der Waals surface area contributed by atoms with Crippen LogP contribution in [0, 0.1) is 0 Å². The Balaban J connectivity index is 1.61. The Morgan fingerprint density at radius 3 is 2.34 bits per heavy atom. The molecule has 0 fully saturated rings. The number of likely N-dealkylation sites (N-methyl/N-ethyl adjacent to an activating group) is 1. The van der Waals surface area contributed by atoms with Crippen LogP contribution in [0.2, 0.25) is 0 Å². The zero-order valence-electron chi connectivity index (χ0n) is 18.6. The van der Waals surface area contributed by atoms with Gasteiger partial charge in [-0.2, -0.15) is 0 Å². The normalized spacial score (nSPS) is 21.5. The fraction of sp³-hybridized carbons (Fsp3) is 0.269. The van der Waals surface area contributed by atoms with E-state index in [-0.39, 0.29) is 6.04 Å². The standard InChI is InChI=1S/C26H27N3O2S/c1-4-28-16-20(15-18-5-9-21(30-2)10-6-18)24-23(17-28)25(29-13-14-32-26(29)27-24)19-7-11-22(31-3)12-8-19/h5-15,25H,4,16-17H2,1-3H3/b20-15+. The largest absolute Gasteiger partial charge is 0.497 e. The second kappa shape index (κ2) is 8.88. The van der Waals surface area contributed by atoms with Crippen LogP contribution in [0.5, 0.6) is 11.5 Å². The maximum atomic E-state index is 5.39. The summed E-state index contributed by atoms with van der Waals surface area (Å²) in [7, 11) is 3.40. The summed E-state index contributed by atoms with van der Waals surface area (Å²) in [6.45, 7) is 5.02. The van der Waals surface area contributed by atoms with Crippen LogP contribution in [0.15, 0.2) is 82.0 Å². The van der Waals surface area contributed by atoms with E-state index in [1.54, 1.807) is 26.0 Å². The summed E-state index contributed by atoms with van der Waals surface area (Å²) in [5, 5.41) is 3.16. The highest BCUT2D eigenvalue weighted by atomic mass is 32.2. The van der Waals surface area contributed by atoms with Crippen LogP contribution < -0.4 is 9.47 Å². The summed E-state index contributed by atoms with van der Waals surface area (Å²) >= 11 is 1.69. The first-order valence-corrected chi connectivity index (χ1v) is 11.7. The van der Waals surface area contributed by atoms with E-state index in [2.05, 4.69) is 58.7 Å². The predicted molar refractivity (Wildman–Crippen MR) is 132 cm³/mol. The third-order valence-electron chi connectivity index (χ3n) is 6.16. The molecule has 0 radical (unpaired) electrons. The molecule has 0 bridgehead atoms. The van der Waals surface area contributed by atoms with Crippen molar-refractivity contribution in [2.45, 2.75) is 13.0 Å². The van der Waals surface area contributed by atoms with E-state index in [0.29, 0.717) is 0 Å². The number of benzene rings is 2. The van der Waals surface area contributed by atoms with Gasteiger partial charge in [0.15, 0.2) is 5.17 Å². The van der Waals surface area contributed by atoms with Gasteiger partial charge in [-0.3, -0.25) is 4.90 Å². The Morgan fingerprint density at radius 2 is 1.69 bits per heavy atom. The molecule has 0 saturated heterocycles. The van der Waals surface area contributed by atoms with Crippen molar-refractivity contribution in [1.29, 1.82) is 0 Å². The fourth-order valence-electron chi connectivity index (χ4n) is 4.47. The van der Waals surface area contributed by atoms with Crippen molar-refractivity contribution in [2.75, 3.05) is 33.9 Å². The van der Waals surface area contributed by atoms with Crippen LogP contribution >= 0.6 is 11.8 Å². The highest BCUT2D eigenvalue weighted by Gasteiger charge is 2.38. The van der Waals surface area contributed by atoms with Crippen LogP contribution in [-0.4, -0.2) is 48.8 Å². The second-order valence-corrected chi connectivity index (χ2v) is 8.87. The van der Waals surface area contributed by atoms with Crippen LogP contribution in [-0.2, 0) is 0 Å². The van der Waals surface area contributed by atoms with Crippen LogP contribution in [0.4, 0.5) is 0 Å². The molecule has 0 spiro atoms. The predicted octanol–water partition coefficient (Wildman–Crippen LogP) is 5.31. The monoisotopic (exact) mass is 445 g/mol. The zero-order chi connectivity index (χ0) is 22.1. The lowest BCUT2D eigenvalue weighted by atomic mass is 9.88. The molecule has 32 heavy (non-hydrogen) atoms. The number of amidine groups is 1. The van der Waals surface area contributed by atoms with E-state index in [0.717, 1.165) is 47.6 Å². The summed E-state index contributed by atoms with van der Waals surface area (Å²) < 4.78 is 10.7. The topological polar surface area (TPSA) is 37.3 Å². The van der Waals surface area contributed by atoms with Gasteiger partial charge in [-0.15, -0.1) is 0 Å². The van der Waals surface area contributed by atoms with E-state index in [4.69, 9.17) is 14.5 Å². The smallest absolute Gasteiger partial charge is 0.173 e. The van der Waals surface area contributed by atoms with Crippen molar-refractivity contribution in [3.05, 3.63) is 88.1 Å². The van der Waals surface area contributed by atoms with Gasteiger partial charge in [-0.05, 0) is 64.6 Å². The summed E-state index contributed by atoms with van der Waals surface area (Å²) in [6, 6.07) is 16.8. The average molecular weight is 446 g/mol. The maximum Gasteiger partial charge on any atom is 0.173 e. The number of aliphatic imine (C=N–C) groups is 1. The van der Waals surface area contributed by atoms with Gasteiger partial charge >= 0.3 is 0 Å². The Kier molecular flexibility index (Phi) is 5.81. The summed E-state index contributed by atoms with van der Waals surface area (Å²) in [5.74, 6) is 1.74. The molecule has 2 aromatic rings. The fourth-order valence-corrected chi connectivity index (χ4v) is 5.21. The Hall–Kier alpha value is -2.96. The van der Waals surface area contributed by atoms with E-state index < -0.39 is 0 Å². The molecule has 2 aromatic carbocycles. The number of rotatable bonds is 5. The maximum absolute atomic E-state index is 5.39. The Bertz CT molecular complexity index is 1120. The van der Waals surface area contributed by atoms with Crippen molar-refractivity contribution in [2.24, 2.45) is 4.99 Å². The number of hydrogen-bond donors (Lipinski definition) is 0. The van der Waals surface area contributed by atoms with Crippen molar-refractivity contribution >= 4 is 23.0 Å². The van der Waals surface area contributed by atoms with Crippen LogP contribution in [0.1, 0.15) is 24.1 Å². The van der Waals surface area contributed by atoms with Crippen LogP contribution in [0.25, 0.3) is 6.08 Å². The molecule has 0 saturated carbocycles. The average Bonchev–Trinajstić information content (AvgIpc) is 3.31. The summed E-state index contributed by atoms with van der Waals surface area (Å²) in [5.41, 5.74) is 6.15. The molecule has 5 nitrogen and oxygen atoms in total. The third kappa shape index (κ3) is 3.85. The lowest BCUT2D eigenvalue weighted by molar-refractivity contribution is 0.302. The van der Waals surface area contributed by atoms with Crippen molar-refractivity contribution in [1.82, 2.24) is 9.80 Å². The van der Waals surface area contributed by atoms with Crippen molar-refractivity contribution in [3.63, 3.8) is 0 Å². The number of hydrogen-bond acceptors (Lipinski definition) is 6. The molecule has 5 rings (SSSR count). The molecule has 0 N–H and O–H groups in total. The van der Waals surface area contributed by atoms with Crippen LogP contribution in [0.3, 0.4) is 0 Å². The first kappa shape index (κ1) is 20.9. The Morgan fingerprint density at radius 1 is 1.00 bits per heavy atom. The minimum Gasteiger partial charge on any atom is -0.497 e. The molecule has 164 valence electrons. The third-order valence-corrected chi connectivity index (χ3v) is 6.93. The Labute approximate surface area is 193 Å². The lowest BCUT2D eigenvalue weighted by Crippen LogP contribution is -2.41. The first-order chi connectivity index (χ1) is 15.7. The molecule has 6 heteroatoms. The first-order valence-electron chi connectivity index (χ1n) is 10.8. The highest BCUT2D eigenvalue weighted by Crippen LogP contribution is 2.44. The molecule has 1 atom stereocenters. The molecule has 3 aliphatic rings. The van der Waals surface area contributed by atoms with E-state index in [1.807, 2.05) is 24.3 Å². The lowest BCUT2D eigenvalue weighted by Gasteiger charge is -2.41. The summed E-state index contributed by atoms with van der Waals surface area (Å²) in [6.07, 6.45) is 4.42. The van der Waals surface area contributed by atoms with E-state index in [1.165, 1.54) is 16.7 Å². The van der Waals surface area contributed by atoms with Crippen molar-refractivity contribution in [3.8, 4) is 11.5 Å². The minimum atomic E-state index is 0.128. The van der Waals surface area contributed by atoms with Crippen molar-refractivity contribution < 1.29 is 9.47 Å². The van der Waals surface area contributed by atoms with E-state index in [9.17, 15) is 0 Å². The molecule has 0 aromatic heterocycles.